The molecule has 0 bridgehead atoms. The molecule has 1 aromatic carbocycles. The van der Waals surface area contributed by atoms with Gasteiger partial charge in [-0.05, 0) is 84.9 Å². The largest absolute Gasteiger partial charge is 0.494 e. The molecule has 1 fully saturated rings. The first-order chi connectivity index (χ1) is 16.5. The summed E-state index contributed by atoms with van der Waals surface area (Å²) in [5.41, 5.74) is 3.43. The van der Waals surface area contributed by atoms with Gasteiger partial charge >= 0.3 is 0 Å². The van der Waals surface area contributed by atoms with Crippen molar-refractivity contribution in [1.29, 1.82) is 0 Å². The third-order valence-corrected chi connectivity index (χ3v) is 6.11. The smallest absolute Gasteiger partial charge is 0.165 e. The molecule has 34 heavy (non-hydrogen) atoms. The van der Waals surface area contributed by atoms with Crippen molar-refractivity contribution in [3.8, 4) is 28.4 Å². The first-order valence-corrected chi connectivity index (χ1v) is 11.8. The van der Waals surface area contributed by atoms with Gasteiger partial charge in [-0.15, -0.1) is 0 Å². The van der Waals surface area contributed by atoms with E-state index >= 15 is 4.39 Å². The van der Waals surface area contributed by atoms with Gasteiger partial charge in [0.15, 0.2) is 5.82 Å². The molecular weight excluding hydrogens is 435 g/mol. The summed E-state index contributed by atoms with van der Waals surface area (Å²) in [4.78, 5) is 9.58. The molecule has 8 nitrogen and oxygen atoms in total. The molecule has 0 saturated carbocycles. The van der Waals surface area contributed by atoms with E-state index in [2.05, 4.69) is 21.1 Å². The number of hydrogen-bond acceptors (Lipinski definition) is 8. The monoisotopic (exact) mass is 468 g/mol. The van der Waals surface area contributed by atoms with Gasteiger partial charge < -0.3 is 25.2 Å². The van der Waals surface area contributed by atoms with Gasteiger partial charge in [-0.3, -0.25) is 0 Å². The average Bonchev–Trinajstić information content (AvgIpc) is 3.17. The average molecular weight is 469 g/mol. The molecule has 182 valence electrons. The van der Waals surface area contributed by atoms with Crippen LogP contribution in [-0.2, 0) is 0 Å². The quantitative estimate of drug-likeness (QED) is 0.405. The van der Waals surface area contributed by atoms with Gasteiger partial charge in [0, 0.05) is 11.6 Å². The van der Waals surface area contributed by atoms with Crippen LogP contribution in [0.5, 0.6) is 5.75 Å². The van der Waals surface area contributed by atoms with E-state index in [-0.39, 0.29) is 6.04 Å². The molecule has 0 aliphatic carbocycles. The second kappa shape index (κ2) is 10.9. The standard InChI is InChI=1S/C25H33FN6O2/c1-15-23(22-16(2)32-34-17(22)3)30-25(31-24(15)29-18-8-11-28-12-9-18)20-14-19(6-7-21(20)26)33-13-5-10-27-4/h6-7,14,18,27-28H,5,8-13H2,1-4H3,(H,29,30,31). The lowest BCUT2D eigenvalue weighted by atomic mass is 10.0. The topological polar surface area (TPSA) is 97.1 Å². The van der Waals surface area contributed by atoms with Gasteiger partial charge in [-0.25, -0.2) is 14.4 Å². The fraction of sp³-hybridized carbons (Fsp3) is 0.480. The van der Waals surface area contributed by atoms with Gasteiger partial charge in [-0.1, -0.05) is 5.16 Å². The molecule has 0 spiro atoms. The summed E-state index contributed by atoms with van der Waals surface area (Å²) >= 11 is 0. The van der Waals surface area contributed by atoms with Crippen LogP contribution in [0.3, 0.4) is 0 Å². The third-order valence-electron chi connectivity index (χ3n) is 6.11. The van der Waals surface area contributed by atoms with E-state index in [4.69, 9.17) is 19.2 Å². The summed E-state index contributed by atoms with van der Waals surface area (Å²) in [6.45, 7) is 9.00. The molecule has 3 aromatic rings. The number of benzene rings is 1. The summed E-state index contributed by atoms with van der Waals surface area (Å²) in [6.07, 6.45) is 2.83. The number of anilines is 1. The Morgan fingerprint density at radius 1 is 1.18 bits per heavy atom. The first kappa shape index (κ1) is 24.1. The van der Waals surface area contributed by atoms with Crippen molar-refractivity contribution in [1.82, 2.24) is 25.8 Å². The number of piperidine rings is 1. The second-order valence-electron chi connectivity index (χ2n) is 8.68. The normalized spacial score (nSPS) is 14.4. The molecular formula is C25H33FN6O2. The van der Waals surface area contributed by atoms with Gasteiger partial charge in [0.1, 0.15) is 23.1 Å². The van der Waals surface area contributed by atoms with Crippen LogP contribution >= 0.6 is 0 Å². The molecule has 2 aromatic heterocycles. The Morgan fingerprint density at radius 2 is 1.97 bits per heavy atom. The Bertz CT molecular complexity index is 1110. The Kier molecular flexibility index (Phi) is 7.74. The number of nitrogens with zero attached hydrogens (tertiary/aromatic N) is 3. The van der Waals surface area contributed by atoms with E-state index in [1.54, 1.807) is 12.1 Å². The second-order valence-corrected chi connectivity index (χ2v) is 8.68. The first-order valence-electron chi connectivity index (χ1n) is 11.8. The van der Waals surface area contributed by atoms with Crippen LogP contribution < -0.4 is 20.7 Å². The number of hydrogen-bond donors (Lipinski definition) is 3. The summed E-state index contributed by atoms with van der Waals surface area (Å²) in [5.74, 6) is 1.86. The summed E-state index contributed by atoms with van der Waals surface area (Å²) < 4.78 is 26.3. The van der Waals surface area contributed by atoms with Crippen molar-refractivity contribution in [2.45, 2.75) is 46.1 Å². The third kappa shape index (κ3) is 5.37. The van der Waals surface area contributed by atoms with E-state index in [0.717, 1.165) is 55.7 Å². The highest BCUT2D eigenvalue weighted by molar-refractivity contribution is 5.74. The van der Waals surface area contributed by atoms with E-state index in [1.165, 1.54) is 6.07 Å². The minimum absolute atomic E-state index is 0.284. The highest BCUT2D eigenvalue weighted by atomic mass is 19.1. The lowest BCUT2D eigenvalue weighted by molar-refractivity contribution is 0.309. The molecule has 0 amide bonds. The Balaban J connectivity index is 1.76. The van der Waals surface area contributed by atoms with Crippen LogP contribution in [-0.4, -0.2) is 54.5 Å². The van der Waals surface area contributed by atoms with Crippen molar-refractivity contribution in [3.63, 3.8) is 0 Å². The molecule has 0 radical (unpaired) electrons. The zero-order valence-corrected chi connectivity index (χ0v) is 20.3. The molecule has 3 heterocycles. The lowest BCUT2D eigenvalue weighted by Crippen LogP contribution is -2.35. The number of nitrogens with one attached hydrogen (secondary N) is 3. The SMILES string of the molecule is CNCCCOc1ccc(F)c(-c2nc(NC3CCNCC3)c(C)c(-c3c(C)noc3C)n2)c1. The maximum Gasteiger partial charge on any atom is 0.165 e. The highest BCUT2D eigenvalue weighted by Crippen LogP contribution is 2.35. The number of rotatable bonds is 9. The van der Waals surface area contributed by atoms with E-state index in [9.17, 15) is 0 Å². The summed E-state index contributed by atoms with van der Waals surface area (Å²) in [6, 6.07) is 4.99. The molecule has 3 N–H and O–H groups in total. The van der Waals surface area contributed by atoms with Crippen LogP contribution in [0.2, 0.25) is 0 Å². The predicted molar refractivity (Wildman–Crippen MR) is 131 cm³/mol. The van der Waals surface area contributed by atoms with E-state index in [1.807, 2.05) is 27.8 Å². The maximum absolute atomic E-state index is 15.0. The maximum atomic E-state index is 15.0. The zero-order chi connectivity index (χ0) is 24.1. The molecule has 1 aliphatic heterocycles. The van der Waals surface area contributed by atoms with Crippen molar-refractivity contribution < 1.29 is 13.7 Å². The molecule has 0 unspecified atom stereocenters. The van der Waals surface area contributed by atoms with Gasteiger partial charge in [0.05, 0.1) is 29.1 Å². The number of halogens is 1. The summed E-state index contributed by atoms with van der Waals surface area (Å²) in [7, 11) is 1.90. The van der Waals surface area contributed by atoms with Crippen molar-refractivity contribution in [2.24, 2.45) is 0 Å². The van der Waals surface area contributed by atoms with Crippen LogP contribution in [0.25, 0.3) is 22.6 Å². The van der Waals surface area contributed by atoms with Gasteiger partial charge in [-0.2, -0.15) is 0 Å². The predicted octanol–water partition coefficient (Wildman–Crippen LogP) is 4.02. The fourth-order valence-electron chi connectivity index (χ4n) is 4.21. The number of aromatic nitrogens is 3. The van der Waals surface area contributed by atoms with Gasteiger partial charge in [0.25, 0.3) is 0 Å². The molecule has 4 rings (SSSR count). The van der Waals surface area contributed by atoms with Crippen LogP contribution in [0.15, 0.2) is 22.7 Å². The lowest BCUT2D eigenvalue weighted by Gasteiger charge is -2.25. The summed E-state index contributed by atoms with van der Waals surface area (Å²) in [5, 5.41) is 14.1. The van der Waals surface area contributed by atoms with Crippen molar-refractivity contribution in [3.05, 3.63) is 41.0 Å². The van der Waals surface area contributed by atoms with Gasteiger partial charge in [0.2, 0.25) is 0 Å². The van der Waals surface area contributed by atoms with Crippen LogP contribution in [0, 0.1) is 26.6 Å². The Labute approximate surface area is 199 Å². The highest BCUT2D eigenvalue weighted by Gasteiger charge is 2.23. The molecule has 1 aliphatic rings. The Morgan fingerprint density at radius 3 is 2.68 bits per heavy atom. The van der Waals surface area contributed by atoms with E-state index in [0.29, 0.717) is 41.0 Å². The minimum Gasteiger partial charge on any atom is -0.494 e. The van der Waals surface area contributed by atoms with Crippen molar-refractivity contribution in [2.75, 3.05) is 38.6 Å². The zero-order valence-electron chi connectivity index (χ0n) is 20.3. The molecule has 1 saturated heterocycles. The number of aryl methyl sites for hydroxylation is 2. The molecule has 0 atom stereocenters. The minimum atomic E-state index is -0.399. The Hall–Kier alpha value is -3.04. The van der Waals surface area contributed by atoms with Crippen LogP contribution in [0.4, 0.5) is 10.2 Å². The number of ether oxygens (including phenoxy) is 1. The van der Waals surface area contributed by atoms with E-state index < -0.39 is 5.82 Å². The molecule has 9 heteroatoms. The van der Waals surface area contributed by atoms with Crippen molar-refractivity contribution >= 4 is 5.82 Å². The fourth-order valence-corrected chi connectivity index (χ4v) is 4.21. The van der Waals surface area contributed by atoms with Crippen LogP contribution in [0.1, 0.15) is 36.3 Å².